The summed E-state index contributed by atoms with van der Waals surface area (Å²) < 4.78 is 7.29. The van der Waals surface area contributed by atoms with E-state index in [2.05, 4.69) is 25.5 Å². The number of carbonyl (C=O) groups excluding carboxylic acids is 1. The molecule has 5 aromatic rings. The number of hydrogen-bond acceptors (Lipinski definition) is 8. The first kappa shape index (κ1) is 26.3. The number of nitrogens with one attached hydrogen (secondary N) is 1. The van der Waals surface area contributed by atoms with Gasteiger partial charge >= 0.3 is 0 Å². The largest absolute Gasteiger partial charge is 0.409 e. The summed E-state index contributed by atoms with van der Waals surface area (Å²) in [6.45, 7) is 0.786. The van der Waals surface area contributed by atoms with Gasteiger partial charge in [-0.25, -0.2) is 4.68 Å². The van der Waals surface area contributed by atoms with Crippen molar-refractivity contribution < 1.29 is 9.21 Å². The van der Waals surface area contributed by atoms with Crippen LogP contribution in [0.2, 0.25) is 0 Å². The van der Waals surface area contributed by atoms with Gasteiger partial charge in [0.1, 0.15) is 0 Å². The summed E-state index contributed by atoms with van der Waals surface area (Å²) in [5.74, 6) is 0.174. The van der Waals surface area contributed by atoms with Gasteiger partial charge in [0, 0.05) is 11.9 Å². The van der Waals surface area contributed by atoms with Gasteiger partial charge in [0.25, 0.3) is 16.7 Å². The van der Waals surface area contributed by atoms with Crippen LogP contribution in [0.3, 0.4) is 0 Å². The molecule has 0 aliphatic heterocycles. The average molecular weight is 541 g/mol. The van der Waals surface area contributed by atoms with Crippen molar-refractivity contribution in [1.82, 2.24) is 30.2 Å². The molecular formula is C29H28N6O3S. The Kier molecular flexibility index (Phi) is 8.14. The third-order valence-electron chi connectivity index (χ3n) is 6.28. The number of likely N-dealkylation sites (N-methyl/N-ethyl adjacent to an activating group) is 1. The van der Waals surface area contributed by atoms with Gasteiger partial charge in [-0.15, -0.1) is 10.2 Å². The van der Waals surface area contributed by atoms with Crippen LogP contribution in [0.5, 0.6) is 0 Å². The van der Waals surface area contributed by atoms with Crippen LogP contribution >= 0.6 is 11.8 Å². The van der Waals surface area contributed by atoms with Crippen LogP contribution in [0.4, 0.5) is 0 Å². The summed E-state index contributed by atoms with van der Waals surface area (Å²) >= 11 is 1.15. The summed E-state index contributed by atoms with van der Waals surface area (Å²) in [4.78, 5) is 27.8. The number of carbonyl (C=O) groups is 1. The second-order valence-corrected chi connectivity index (χ2v) is 10.1. The summed E-state index contributed by atoms with van der Waals surface area (Å²) in [6, 6.07) is 27.0. The summed E-state index contributed by atoms with van der Waals surface area (Å²) in [5.41, 5.74) is 2.30. The predicted octanol–water partition coefficient (Wildman–Crippen LogP) is 4.01. The van der Waals surface area contributed by atoms with Crippen molar-refractivity contribution >= 4 is 28.4 Å². The van der Waals surface area contributed by atoms with E-state index in [1.54, 1.807) is 6.07 Å². The number of nitrogens with zero attached hydrogens (tertiary/aromatic N) is 5. The molecule has 0 spiro atoms. The van der Waals surface area contributed by atoms with E-state index in [0.717, 1.165) is 22.9 Å². The fraction of sp³-hybridized carbons (Fsp3) is 0.207. The van der Waals surface area contributed by atoms with Gasteiger partial charge in [-0.1, -0.05) is 90.6 Å². The molecule has 9 nitrogen and oxygen atoms in total. The molecule has 5 rings (SSSR count). The van der Waals surface area contributed by atoms with E-state index in [-0.39, 0.29) is 34.4 Å². The molecule has 0 saturated heterocycles. The van der Waals surface area contributed by atoms with Crippen LogP contribution in [0.1, 0.15) is 17.2 Å². The Morgan fingerprint density at radius 3 is 2.33 bits per heavy atom. The molecule has 198 valence electrons. The van der Waals surface area contributed by atoms with Gasteiger partial charge in [-0.05, 0) is 31.3 Å². The normalized spacial score (nSPS) is 12.1. The Morgan fingerprint density at radius 1 is 0.949 bits per heavy atom. The summed E-state index contributed by atoms with van der Waals surface area (Å²) in [7, 11) is 3.97. The molecule has 10 heteroatoms. The highest BCUT2D eigenvalue weighted by Gasteiger charge is 2.19. The Bertz CT molecular complexity index is 1620. The molecule has 2 aromatic heterocycles. The average Bonchev–Trinajstić information content (AvgIpc) is 3.43. The SMILES string of the molecule is CN(C)[C@@H](CNC(=O)CSc1nnc(-c2nn(Cc3ccccc3)c(=O)c3ccccc23)o1)c1ccccc1. The quantitative estimate of drug-likeness (QED) is 0.265. The molecule has 0 aliphatic rings. The first-order chi connectivity index (χ1) is 19.0. The van der Waals surface area contributed by atoms with Gasteiger partial charge in [0.15, 0.2) is 5.69 Å². The van der Waals surface area contributed by atoms with Gasteiger partial charge in [-0.2, -0.15) is 5.10 Å². The molecule has 0 bridgehead atoms. The zero-order chi connectivity index (χ0) is 27.2. The monoisotopic (exact) mass is 540 g/mol. The Labute approximate surface area is 229 Å². The lowest BCUT2D eigenvalue weighted by Gasteiger charge is -2.25. The molecule has 0 radical (unpaired) electrons. The number of thioether (sulfide) groups is 1. The van der Waals surface area contributed by atoms with Crippen molar-refractivity contribution in [1.29, 1.82) is 0 Å². The molecule has 0 unspecified atom stereocenters. The maximum Gasteiger partial charge on any atom is 0.277 e. The third-order valence-corrected chi connectivity index (χ3v) is 7.10. The van der Waals surface area contributed by atoms with Crippen LogP contribution in [0.15, 0.2) is 99.4 Å². The molecule has 2 heterocycles. The maximum atomic E-state index is 13.1. The first-order valence-electron chi connectivity index (χ1n) is 12.5. The van der Waals surface area contributed by atoms with E-state index >= 15 is 0 Å². The van der Waals surface area contributed by atoms with Crippen LogP contribution in [0.25, 0.3) is 22.4 Å². The number of amides is 1. The predicted molar refractivity (Wildman–Crippen MR) is 151 cm³/mol. The van der Waals surface area contributed by atoms with E-state index in [9.17, 15) is 9.59 Å². The van der Waals surface area contributed by atoms with Crippen LogP contribution in [0, 0.1) is 0 Å². The van der Waals surface area contributed by atoms with Gasteiger partial charge < -0.3 is 14.6 Å². The van der Waals surface area contributed by atoms with Crippen molar-refractivity contribution in [2.45, 2.75) is 17.8 Å². The van der Waals surface area contributed by atoms with Crippen molar-refractivity contribution in [2.75, 3.05) is 26.4 Å². The van der Waals surface area contributed by atoms with Crippen LogP contribution < -0.4 is 10.9 Å². The molecule has 0 saturated carbocycles. The minimum atomic E-state index is -0.199. The van der Waals surface area contributed by atoms with E-state index in [1.165, 1.54) is 4.68 Å². The molecular weight excluding hydrogens is 512 g/mol. The Morgan fingerprint density at radius 2 is 1.62 bits per heavy atom. The molecule has 39 heavy (non-hydrogen) atoms. The summed E-state index contributed by atoms with van der Waals surface area (Å²) in [5, 5.41) is 17.2. The van der Waals surface area contributed by atoms with Gasteiger partial charge in [-0.3, -0.25) is 9.59 Å². The molecule has 0 fully saturated rings. The fourth-order valence-electron chi connectivity index (χ4n) is 4.28. The Balaban J connectivity index is 1.30. The third kappa shape index (κ3) is 6.24. The number of aromatic nitrogens is 4. The second-order valence-electron chi connectivity index (χ2n) is 9.20. The highest BCUT2D eigenvalue weighted by atomic mass is 32.2. The smallest absolute Gasteiger partial charge is 0.277 e. The van der Waals surface area contributed by atoms with E-state index < -0.39 is 0 Å². The van der Waals surface area contributed by atoms with Crippen LogP contribution in [-0.4, -0.2) is 57.2 Å². The van der Waals surface area contributed by atoms with E-state index in [1.807, 2.05) is 93.0 Å². The zero-order valence-corrected chi connectivity index (χ0v) is 22.5. The van der Waals surface area contributed by atoms with Gasteiger partial charge in [0.2, 0.25) is 5.91 Å². The second kappa shape index (κ2) is 12.1. The molecule has 1 N–H and O–H groups in total. The minimum Gasteiger partial charge on any atom is -0.409 e. The lowest BCUT2D eigenvalue weighted by atomic mass is 10.1. The van der Waals surface area contributed by atoms with E-state index in [0.29, 0.717) is 29.6 Å². The van der Waals surface area contributed by atoms with Crippen molar-refractivity contribution in [3.63, 3.8) is 0 Å². The van der Waals surface area contributed by atoms with Crippen LogP contribution in [-0.2, 0) is 11.3 Å². The highest BCUT2D eigenvalue weighted by molar-refractivity contribution is 7.99. The summed E-state index contributed by atoms with van der Waals surface area (Å²) in [6.07, 6.45) is 0. The standard InChI is InChI=1S/C29H28N6O3S/c1-34(2)24(21-13-7-4-8-14-21)17-30-25(36)19-39-29-32-31-27(38-29)26-22-15-9-10-16-23(22)28(37)35(33-26)18-20-11-5-3-6-12-20/h3-16,24H,17-19H2,1-2H3,(H,30,36)/t24-/m0/s1. The number of fused-ring (bicyclic) bond motifs is 1. The van der Waals surface area contributed by atoms with Crippen molar-refractivity contribution in [3.8, 4) is 11.6 Å². The lowest BCUT2D eigenvalue weighted by molar-refractivity contribution is -0.118. The first-order valence-corrected chi connectivity index (χ1v) is 13.5. The number of benzene rings is 3. The van der Waals surface area contributed by atoms with Crippen molar-refractivity contribution in [2.24, 2.45) is 0 Å². The Hall–Kier alpha value is -4.28. The molecule has 0 aliphatic carbocycles. The van der Waals surface area contributed by atoms with Crippen molar-refractivity contribution in [3.05, 3.63) is 106 Å². The number of hydrogen-bond donors (Lipinski definition) is 1. The highest BCUT2D eigenvalue weighted by Crippen LogP contribution is 2.27. The molecule has 3 aromatic carbocycles. The topological polar surface area (TPSA) is 106 Å². The minimum absolute atomic E-state index is 0.0566. The maximum absolute atomic E-state index is 13.1. The zero-order valence-electron chi connectivity index (χ0n) is 21.7. The van der Waals surface area contributed by atoms with E-state index in [4.69, 9.17) is 4.42 Å². The van der Waals surface area contributed by atoms with Gasteiger partial charge in [0.05, 0.1) is 23.7 Å². The molecule has 1 atom stereocenters. The molecule has 1 amide bonds. The fourth-order valence-corrected chi connectivity index (χ4v) is 4.88. The number of rotatable bonds is 10. The lowest BCUT2D eigenvalue weighted by Crippen LogP contribution is -2.35.